The lowest BCUT2D eigenvalue weighted by molar-refractivity contribution is -0.384. The molecule has 1 aliphatic heterocycles. The largest absolute Gasteiger partial charge is 0.771 e. The smallest absolute Gasteiger partial charge is 0.293 e. The van der Waals surface area contributed by atoms with E-state index in [-0.39, 0.29) is 17.6 Å². The normalized spacial score (nSPS) is 17.8. The molecule has 1 aromatic carbocycles. The maximum absolute atomic E-state index is 10.9. The summed E-state index contributed by atoms with van der Waals surface area (Å²) in [4.78, 5) is 12.1. The first-order valence-electron chi connectivity index (χ1n) is 5.44. The fraction of sp³-hybridized carbons (Fsp3) is 0.400. The Labute approximate surface area is 117 Å². The molecule has 9 heteroatoms. The Morgan fingerprint density at radius 2 is 2.21 bits per heavy atom. The van der Waals surface area contributed by atoms with Crippen LogP contribution in [0.15, 0.2) is 18.2 Å². The van der Waals surface area contributed by atoms with Gasteiger partial charge in [-0.05, 0) is 23.2 Å². The van der Waals surface area contributed by atoms with Gasteiger partial charge in [-0.1, -0.05) is 11.6 Å². The van der Waals surface area contributed by atoms with Crippen LogP contribution in [0.2, 0.25) is 5.02 Å². The molecule has 1 unspecified atom stereocenters. The highest BCUT2D eigenvalue weighted by Crippen LogP contribution is 2.29. The number of hydrogen-bond acceptors (Lipinski definition) is 6. The van der Waals surface area contributed by atoms with E-state index < -0.39 is 16.0 Å². The van der Waals surface area contributed by atoms with Gasteiger partial charge in [0.1, 0.15) is 5.69 Å². The average Bonchev–Trinajstić information content (AvgIpc) is 2.27. The zero-order chi connectivity index (χ0) is 14.0. The van der Waals surface area contributed by atoms with Gasteiger partial charge in [0.05, 0.1) is 16.8 Å². The van der Waals surface area contributed by atoms with Gasteiger partial charge in [-0.3, -0.25) is 19.2 Å². The van der Waals surface area contributed by atoms with Crippen LogP contribution in [0.1, 0.15) is 0 Å². The molecule has 1 saturated heterocycles. The molecule has 0 radical (unpaired) electrons. The predicted octanol–water partition coefficient (Wildman–Crippen LogP) is 1.18. The standard InChI is InChI=1S/C10H12ClN3O4S/c11-7-1-2-9(10(3-7)14(15)16)12-8-4-13(5-8)6-19(17)18/h1-3,8,12H,4-6H2,(H,17,18)/p-1. The minimum Gasteiger partial charge on any atom is -0.771 e. The predicted molar refractivity (Wildman–Crippen MR) is 70.9 cm³/mol. The van der Waals surface area contributed by atoms with Crippen LogP contribution in [-0.4, -0.2) is 43.6 Å². The number of halogens is 1. The van der Waals surface area contributed by atoms with E-state index in [2.05, 4.69) is 5.32 Å². The molecule has 0 saturated carbocycles. The molecule has 0 spiro atoms. The SMILES string of the molecule is O=[N+]([O-])c1cc(Cl)ccc1NC1CN(CS(=O)[O-])C1. The van der Waals surface area contributed by atoms with Crippen LogP contribution in [0.5, 0.6) is 0 Å². The third-order valence-electron chi connectivity index (χ3n) is 2.76. The summed E-state index contributed by atoms with van der Waals surface area (Å²) >= 11 is 3.62. The van der Waals surface area contributed by atoms with Crippen molar-refractivity contribution in [2.75, 3.05) is 24.3 Å². The Balaban J connectivity index is 1.98. The zero-order valence-electron chi connectivity index (χ0n) is 9.74. The van der Waals surface area contributed by atoms with Crippen molar-refractivity contribution < 1.29 is 13.7 Å². The van der Waals surface area contributed by atoms with Crippen molar-refractivity contribution >= 4 is 34.1 Å². The fourth-order valence-electron chi connectivity index (χ4n) is 1.91. The van der Waals surface area contributed by atoms with Gasteiger partial charge in [0.15, 0.2) is 0 Å². The molecule has 1 N–H and O–H groups in total. The number of anilines is 1. The van der Waals surface area contributed by atoms with Gasteiger partial charge in [-0.15, -0.1) is 0 Å². The molecule has 1 atom stereocenters. The van der Waals surface area contributed by atoms with E-state index in [1.807, 2.05) is 0 Å². The van der Waals surface area contributed by atoms with Crippen LogP contribution >= 0.6 is 11.6 Å². The number of nitro benzene ring substituents is 1. The number of hydrogen-bond donors (Lipinski definition) is 1. The number of rotatable bonds is 5. The first-order valence-corrected chi connectivity index (χ1v) is 7.06. The van der Waals surface area contributed by atoms with E-state index >= 15 is 0 Å². The number of nitrogens with zero attached hydrogens (tertiary/aromatic N) is 2. The molecule has 1 aliphatic rings. The second-order valence-electron chi connectivity index (χ2n) is 4.23. The van der Waals surface area contributed by atoms with Crippen molar-refractivity contribution in [2.24, 2.45) is 0 Å². The lowest BCUT2D eigenvalue weighted by atomic mass is 10.1. The molecule has 1 heterocycles. The summed E-state index contributed by atoms with van der Waals surface area (Å²) in [5.74, 6) is -0.0130. The second kappa shape index (κ2) is 5.83. The lowest BCUT2D eigenvalue weighted by Crippen LogP contribution is -2.55. The summed E-state index contributed by atoms with van der Waals surface area (Å²) in [5.41, 5.74) is 0.306. The number of benzene rings is 1. The zero-order valence-corrected chi connectivity index (χ0v) is 11.3. The van der Waals surface area contributed by atoms with Crippen molar-refractivity contribution in [3.63, 3.8) is 0 Å². The fourth-order valence-corrected chi connectivity index (χ4v) is 2.59. The van der Waals surface area contributed by atoms with Gasteiger partial charge in [0.25, 0.3) is 5.69 Å². The molecule has 19 heavy (non-hydrogen) atoms. The van der Waals surface area contributed by atoms with Crippen molar-refractivity contribution in [2.45, 2.75) is 6.04 Å². The van der Waals surface area contributed by atoms with Crippen LogP contribution in [-0.2, 0) is 11.1 Å². The van der Waals surface area contributed by atoms with Crippen molar-refractivity contribution in [3.05, 3.63) is 33.3 Å². The van der Waals surface area contributed by atoms with E-state index in [9.17, 15) is 18.9 Å². The van der Waals surface area contributed by atoms with E-state index in [0.717, 1.165) is 0 Å². The van der Waals surface area contributed by atoms with Gasteiger partial charge in [-0.25, -0.2) is 0 Å². The third-order valence-corrected chi connectivity index (χ3v) is 3.57. The third kappa shape index (κ3) is 3.63. The molecule has 0 aromatic heterocycles. The minimum atomic E-state index is -2.10. The summed E-state index contributed by atoms with van der Waals surface area (Å²) in [6.07, 6.45) is 0. The first-order chi connectivity index (χ1) is 8.95. The quantitative estimate of drug-likeness (QED) is 0.498. The Morgan fingerprint density at radius 1 is 1.53 bits per heavy atom. The monoisotopic (exact) mass is 304 g/mol. The van der Waals surface area contributed by atoms with Crippen molar-refractivity contribution in [1.29, 1.82) is 0 Å². The van der Waals surface area contributed by atoms with Gasteiger partial charge >= 0.3 is 0 Å². The second-order valence-corrected chi connectivity index (χ2v) is 5.53. The minimum absolute atomic E-state index is 0.00317. The highest BCUT2D eigenvalue weighted by molar-refractivity contribution is 7.79. The summed E-state index contributed by atoms with van der Waals surface area (Å²) < 4.78 is 21.0. The molecule has 1 fully saturated rings. The summed E-state index contributed by atoms with van der Waals surface area (Å²) in [6.45, 7) is 1.07. The summed E-state index contributed by atoms with van der Waals surface area (Å²) in [5, 5.41) is 14.2. The van der Waals surface area contributed by atoms with Crippen molar-refractivity contribution in [3.8, 4) is 0 Å². The van der Waals surface area contributed by atoms with Crippen LogP contribution in [0, 0.1) is 10.1 Å². The molecular weight excluding hydrogens is 294 g/mol. The molecule has 2 rings (SSSR count). The highest BCUT2D eigenvalue weighted by Gasteiger charge is 2.28. The van der Waals surface area contributed by atoms with E-state index in [1.54, 1.807) is 17.0 Å². The molecule has 0 aliphatic carbocycles. The number of nitro groups is 1. The van der Waals surface area contributed by atoms with E-state index in [0.29, 0.717) is 23.8 Å². The lowest BCUT2D eigenvalue weighted by Gasteiger charge is -2.40. The molecule has 1 aromatic rings. The van der Waals surface area contributed by atoms with Crippen molar-refractivity contribution in [1.82, 2.24) is 4.90 Å². The molecule has 104 valence electrons. The molecular formula is C10H11ClN3O4S-. The van der Waals surface area contributed by atoms with Crippen LogP contribution in [0.25, 0.3) is 0 Å². The first kappa shape index (κ1) is 14.2. The summed E-state index contributed by atoms with van der Waals surface area (Å²) in [7, 11) is 0. The van der Waals surface area contributed by atoms with Gasteiger partial charge < -0.3 is 9.87 Å². The van der Waals surface area contributed by atoms with Gasteiger partial charge in [0.2, 0.25) is 0 Å². The molecule has 0 amide bonds. The van der Waals surface area contributed by atoms with Gasteiger partial charge in [-0.2, -0.15) is 0 Å². The Hall–Kier alpha value is -1.22. The topological polar surface area (TPSA) is 98.5 Å². The number of nitrogens with one attached hydrogen (secondary N) is 1. The van der Waals surface area contributed by atoms with Crippen LogP contribution < -0.4 is 5.32 Å². The number of likely N-dealkylation sites (tertiary alicyclic amines) is 1. The van der Waals surface area contributed by atoms with E-state index in [1.165, 1.54) is 6.07 Å². The molecule has 7 nitrogen and oxygen atoms in total. The van der Waals surface area contributed by atoms with Crippen LogP contribution in [0.4, 0.5) is 11.4 Å². The van der Waals surface area contributed by atoms with Gasteiger partial charge in [0, 0.05) is 24.2 Å². The Kier molecular flexibility index (Phi) is 4.35. The Bertz CT molecular complexity index is 521. The molecule has 0 bridgehead atoms. The average molecular weight is 305 g/mol. The maximum atomic E-state index is 10.9. The maximum Gasteiger partial charge on any atom is 0.293 e. The Morgan fingerprint density at radius 3 is 2.79 bits per heavy atom. The highest BCUT2D eigenvalue weighted by atomic mass is 35.5. The van der Waals surface area contributed by atoms with E-state index in [4.69, 9.17) is 11.6 Å². The van der Waals surface area contributed by atoms with Crippen LogP contribution in [0.3, 0.4) is 0 Å². The summed E-state index contributed by atoms with van der Waals surface area (Å²) in [6, 6.07) is 4.41.